The van der Waals surface area contributed by atoms with Crippen LogP contribution in [0.2, 0.25) is 0 Å². The first kappa shape index (κ1) is 36.5. The summed E-state index contributed by atoms with van der Waals surface area (Å²) < 4.78 is 7.05. The Labute approximate surface area is 310 Å². The maximum atomic E-state index is 7.05. The smallest absolute Gasteiger partial charge is 0.232 e. The number of rotatable bonds is 8. The van der Waals surface area contributed by atoms with Gasteiger partial charge in [-0.2, -0.15) is 0 Å². The van der Waals surface area contributed by atoms with Crippen molar-refractivity contribution < 1.29 is 0 Å². The van der Waals surface area contributed by atoms with Gasteiger partial charge >= 0.3 is 0 Å². The summed E-state index contributed by atoms with van der Waals surface area (Å²) in [6, 6.07) is 42.6. The van der Waals surface area contributed by atoms with Gasteiger partial charge in [0.1, 0.15) is 0 Å². The predicted octanol–water partition coefficient (Wildman–Crippen LogP) is 7.63. The van der Waals surface area contributed by atoms with Crippen LogP contribution in [0, 0.1) is 83.1 Å². The summed E-state index contributed by atoms with van der Waals surface area (Å²) in [5.41, 5.74) is 15.5. The van der Waals surface area contributed by atoms with Crippen molar-refractivity contribution in [2.75, 3.05) is 0 Å². The molecule has 0 saturated carbocycles. The topological polar surface area (TPSA) is 14.1 Å². The summed E-state index contributed by atoms with van der Waals surface area (Å²) in [5, 5.41) is 8.35. The highest BCUT2D eigenvalue weighted by molar-refractivity contribution is 7.23. The Morgan fingerprint density at radius 3 is 0.569 bits per heavy atom. The van der Waals surface area contributed by atoms with Crippen molar-refractivity contribution in [3.05, 3.63) is 176 Å². The third kappa shape index (κ3) is 6.52. The average molecular weight is 701 g/mol. The Kier molecular flexibility index (Phi) is 10.0. The molecular weight excluding hydrogens is 647 g/mol. The van der Waals surface area contributed by atoms with E-state index in [1.54, 1.807) is 0 Å². The number of aryl methyl sites for hydroxylation is 12. The highest BCUT2D eigenvalue weighted by Crippen LogP contribution is 2.23. The number of hydrogen-bond acceptors (Lipinski definition) is 0. The molecule has 1 nitrogen and oxygen atoms in total. The van der Waals surface area contributed by atoms with Gasteiger partial charge in [0.15, 0.2) is 0 Å². The van der Waals surface area contributed by atoms with Crippen molar-refractivity contribution in [2.24, 2.45) is 0 Å². The third-order valence-electron chi connectivity index (χ3n) is 11.0. The highest BCUT2D eigenvalue weighted by atomic mass is 28.4. The molecule has 0 amide bonds. The monoisotopic (exact) mass is 700 g/mol. The van der Waals surface area contributed by atoms with E-state index in [0.29, 0.717) is 0 Å². The van der Waals surface area contributed by atoms with Gasteiger partial charge in [0.2, 0.25) is 16.5 Å². The van der Waals surface area contributed by atoms with Crippen LogP contribution in [-0.4, -0.2) is 16.5 Å². The lowest BCUT2D eigenvalue weighted by atomic mass is 10.1. The molecule has 51 heavy (non-hydrogen) atoms. The largest absolute Gasteiger partial charge is 0.269 e. The van der Waals surface area contributed by atoms with E-state index in [4.69, 9.17) is 4.65 Å². The summed E-state index contributed by atoms with van der Waals surface area (Å²) in [4.78, 5) is 0. The SMILES string of the molecule is Cc1ccc(C)c([Si]([N][Si](c2cc(C)ccc2C)(c2cc(C)ccc2C)c2cc(C)ccc2C)(c2cc(C)ccc2C)c2cc(C)ccc2C)c1. The molecule has 6 rings (SSSR count). The van der Waals surface area contributed by atoms with Crippen molar-refractivity contribution in [1.82, 2.24) is 4.65 Å². The maximum Gasteiger partial charge on any atom is 0.232 e. The Balaban J connectivity index is 1.97. The van der Waals surface area contributed by atoms with E-state index in [-0.39, 0.29) is 0 Å². The van der Waals surface area contributed by atoms with Crippen LogP contribution in [0.1, 0.15) is 66.8 Å². The van der Waals surface area contributed by atoms with Crippen LogP contribution in [0.3, 0.4) is 0 Å². The second-order valence-corrected chi connectivity index (χ2v) is 22.4. The van der Waals surface area contributed by atoms with Gasteiger partial charge in [-0.25, -0.2) is 0 Å². The van der Waals surface area contributed by atoms with Gasteiger partial charge in [0.05, 0.1) is 0 Å². The Morgan fingerprint density at radius 1 is 0.255 bits per heavy atom. The van der Waals surface area contributed by atoms with Crippen LogP contribution in [-0.2, 0) is 0 Å². The first-order valence-corrected chi connectivity index (χ1v) is 22.3. The van der Waals surface area contributed by atoms with Crippen LogP contribution < -0.4 is 35.8 Å². The molecule has 0 aliphatic heterocycles. The summed E-state index contributed by atoms with van der Waals surface area (Å²) in [7, 11) is -6.54. The average Bonchev–Trinajstić information content (AvgIpc) is 3.09. The number of benzene rings is 6. The van der Waals surface area contributed by atoms with E-state index < -0.39 is 16.5 Å². The predicted molar refractivity (Wildman–Crippen MR) is 227 cm³/mol. The Hall–Kier alpha value is -4.29. The van der Waals surface area contributed by atoms with Crippen LogP contribution in [0.15, 0.2) is 109 Å². The molecule has 0 fully saturated rings. The van der Waals surface area contributed by atoms with Crippen molar-refractivity contribution in [1.29, 1.82) is 0 Å². The van der Waals surface area contributed by atoms with E-state index in [0.717, 1.165) is 0 Å². The fourth-order valence-electron chi connectivity index (χ4n) is 8.24. The molecule has 0 heterocycles. The zero-order valence-corrected chi connectivity index (χ0v) is 34.8. The fraction of sp³-hybridized carbons (Fsp3) is 0.250. The van der Waals surface area contributed by atoms with Gasteiger partial charge in [-0.05, 0) is 148 Å². The van der Waals surface area contributed by atoms with Gasteiger partial charge in [-0.15, -0.1) is 0 Å². The summed E-state index contributed by atoms with van der Waals surface area (Å²) >= 11 is 0. The molecule has 6 aromatic rings. The molecular formula is C48H54NSi2. The summed E-state index contributed by atoms with van der Waals surface area (Å²) in [6.45, 7) is 27.4. The fourth-order valence-corrected chi connectivity index (χ4v) is 21.4. The number of nitrogens with zero attached hydrogens (tertiary/aromatic N) is 1. The van der Waals surface area contributed by atoms with Gasteiger partial charge in [-0.3, -0.25) is 4.65 Å². The van der Waals surface area contributed by atoms with Crippen LogP contribution in [0.5, 0.6) is 0 Å². The second-order valence-electron chi connectivity index (χ2n) is 15.4. The molecule has 0 saturated heterocycles. The normalized spacial score (nSPS) is 12.0. The molecule has 3 heteroatoms. The number of hydrogen-bond donors (Lipinski definition) is 0. The van der Waals surface area contributed by atoms with Crippen molar-refractivity contribution >= 4 is 47.6 Å². The maximum absolute atomic E-state index is 7.05. The summed E-state index contributed by atoms with van der Waals surface area (Å²) in [6.07, 6.45) is 0. The van der Waals surface area contributed by atoms with E-state index in [9.17, 15) is 0 Å². The van der Waals surface area contributed by atoms with Crippen LogP contribution in [0.4, 0.5) is 0 Å². The van der Waals surface area contributed by atoms with Gasteiger partial charge < -0.3 is 0 Å². The molecule has 0 N–H and O–H groups in total. The zero-order valence-electron chi connectivity index (χ0n) is 32.8. The van der Waals surface area contributed by atoms with Crippen LogP contribution >= 0.6 is 0 Å². The minimum atomic E-state index is -3.27. The van der Waals surface area contributed by atoms with E-state index in [1.807, 2.05) is 0 Å². The lowest BCUT2D eigenvalue weighted by molar-refractivity contribution is 1.29. The summed E-state index contributed by atoms with van der Waals surface area (Å²) in [5.74, 6) is 0. The van der Waals surface area contributed by atoms with Crippen molar-refractivity contribution in [2.45, 2.75) is 83.1 Å². The van der Waals surface area contributed by atoms with E-state index >= 15 is 0 Å². The molecule has 0 spiro atoms. The minimum absolute atomic E-state index is 1.27. The Bertz CT molecular complexity index is 1870. The highest BCUT2D eigenvalue weighted by Gasteiger charge is 2.55. The molecule has 0 aromatic heterocycles. The molecule has 259 valence electrons. The van der Waals surface area contributed by atoms with Crippen LogP contribution in [0.25, 0.3) is 0 Å². The van der Waals surface area contributed by atoms with E-state index in [2.05, 4.69) is 192 Å². The first-order valence-electron chi connectivity index (χ1n) is 18.4. The molecule has 1 radical (unpaired) electrons. The lowest BCUT2D eigenvalue weighted by Gasteiger charge is -2.46. The molecule has 0 aliphatic rings. The van der Waals surface area contributed by atoms with E-state index in [1.165, 1.54) is 97.9 Å². The van der Waals surface area contributed by atoms with Gasteiger partial charge in [0.25, 0.3) is 0 Å². The standard InChI is InChI=1S/C48H54NSi2/c1-31-13-19-37(7)43(25-31)50(44-26-32(2)14-20-38(44)8,45-27-33(3)15-21-39(45)9)49-51(46-28-34(4)16-22-40(46)10,47-29-35(5)17-23-41(47)11)48-30-36(6)18-24-42(48)12/h13-30H,1-12H3. The first-order chi connectivity index (χ1) is 24.2. The second kappa shape index (κ2) is 14.0. The van der Waals surface area contributed by atoms with Gasteiger partial charge in [0, 0.05) is 0 Å². The zero-order chi connectivity index (χ0) is 36.8. The lowest BCUT2D eigenvalue weighted by Crippen LogP contribution is -2.87. The van der Waals surface area contributed by atoms with Crippen molar-refractivity contribution in [3.63, 3.8) is 0 Å². The molecule has 6 aromatic carbocycles. The molecule has 0 atom stereocenters. The van der Waals surface area contributed by atoms with Gasteiger partial charge in [-0.1, -0.05) is 143 Å². The molecule has 0 unspecified atom stereocenters. The third-order valence-corrected chi connectivity index (χ3v) is 21.6. The molecule has 0 bridgehead atoms. The molecule has 0 aliphatic carbocycles. The quantitative estimate of drug-likeness (QED) is 0.115. The van der Waals surface area contributed by atoms with Crippen molar-refractivity contribution in [3.8, 4) is 0 Å². The Morgan fingerprint density at radius 2 is 0.412 bits per heavy atom. The minimum Gasteiger partial charge on any atom is -0.269 e.